The Hall–Kier alpha value is -2.69. The smallest absolute Gasteiger partial charge is 0.307 e. The van der Waals surface area contributed by atoms with Gasteiger partial charge in [0.05, 0.1) is 12.3 Å². The van der Waals surface area contributed by atoms with Crippen LogP contribution in [0.2, 0.25) is 0 Å². The molecule has 0 saturated carbocycles. The second kappa shape index (κ2) is 12.2. The van der Waals surface area contributed by atoms with E-state index >= 15 is 0 Å². The highest BCUT2D eigenvalue weighted by atomic mass is 79.9. The van der Waals surface area contributed by atoms with Crippen LogP contribution in [-0.2, 0) is 19.0 Å². The number of amides is 1. The van der Waals surface area contributed by atoms with E-state index in [1.54, 1.807) is 19.3 Å². The van der Waals surface area contributed by atoms with E-state index in [1.807, 2.05) is 32.9 Å². The predicted octanol–water partition coefficient (Wildman–Crippen LogP) is 4.88. The van der Waals surface area contributed by atoms with E-state index in [1.165, 1.54) is 4.90 Å². The molecule has 0 aliphatic carbocycles. The monoisotopic (exact) mass is 489 g/mol. The van der Waals surface area contributed by atoms with Crippen molar-refractivity contribution in [2.75, 3.05) is 38.4 Å². The van der Waals surface area contributed by atoms with Crippen molar-refractivity contribution in [3.05, 3.63) is 58.1 Å². The van der Waals surface area contributed by atoms with Crippen LogP contribution >= 0.6 is 15.9 Å². The summed E-state index contributed by atoms with van der Waals surface area (Å²) in [4.78, 5) is 14.6. The highest BCUT2D eigenvalue weighted by molar-refractivity contribution is 9.10. The molecular weight excluding hydrogens is 462 g/mol. The molecule has 1 saturated heterocycles. The lowest BCUT2D eigenvalue weighted by Gasteiger charge is -2.25. The number of halogens is 1. The van der Waals surface area contributed by atoms with Crippen LogP contribution in [0.25, 0.3) is 0 Å². The van der Waals surface area contributed by atoms with Gasteiger partial charge < -0.3 is 18.9 Å². The van der Waals surface area contributed by atoms with Gasteiger partial charge in [-0.2, -0.15) is 0 Å². The van der Waals surface area contributed by atoms with E-state index in [2.05, 4.69) is 34.3 Å². The Bertz CT molecular complexity index is 939. The van der Waals surface area contributed by atoms with Gasteiger partial charge in [-0.15, -0.1) is 0 Å². The summed E-state index contributed by atoms with van der Waals surface area (Å²) in [5.41, 5.74) is 2.20. The van der Waals surface area contributed by atoms with Gasteiger partial charge >= 0.3 is 5.91 Å². The van der Waals surface area contributed by atoms with Gasteiger partial charge in [-0.25, -0.2) is 0 Å². The van der Waals surface area contributed by atoms with Crippen molar-refractivity contribution in [3.63, 3.8) is 0 Å². The second-order valence-corrected chi connectivity index (χ2v) is 7.52. The molecule has 0 atom stereocenters. The fourth-order valence-electron chi connectivity index (χ4n) is 2.73. The molecule has 1 aromatic carbocycles. The number of methoxy groups -OCH3 is 1. The van der Waals surface area contributed by atoms with Crippen LogP contribution in [0.15, 0.2) is 52.6 Å². The fraction of sp³-hybridized carbons (Fsp3) is 0.375. The molecule has 1 aliphatic heterocycles. The molecule has 1 fully saturated rings. The molecule has 1 aromatic rings. The van der Waals surface area contributed by atoms with Gasteiger partial charge in [0.25, 0.3) is 0 Å². The van der Waals surface area contributed by atoms with E-state index in [-0.39, 0.29) is 5.91 Å². The Labute approximate surface area is 192 Å². The third kappa shape index (κ3) is 6.91. The third-order valence-corrected chi connectivity index (χ3v) is 5.18. The SMILES string of the molecule is C=C1OCCO/C1=C/C=C(\C)N(C(=O)C#CCC)c1cc(C)c(Br)cc1OCCOC. The first kappa shape index (κ1) is 24.6. The molecular formula is C24H28BrNO5. The summed E-state index contributed by atoms with van der Waals surface area (Å²) in [6.45, 7) is 11.2. The minimum atomic E-state index is -0.355. The number of benzene rings is 1. The van der Waals surface area contributed by atoms with Crippen LogP contribution in [0.5, 0.6) is 5.75 Å². The van der Waals surface area contributed by atoms with Crippen LogP contribution in [0, 0.1) is 18.8 Å². The van der Waals surface area contributed by atoms with Crippen LogP contribution in [0.3, 0.4) is 0 Å². The molecule has 31 heavy (non-hydrogen) atoms. The number of carbonyl (C=O) groups excluding carboxylic acids is 1. The molecule has 0 bridgehead atoms. The van der Waals surface area contributed by atoms with Crippen LogP contribution in [-0.4, -0.2) is 39.4 Å². The zero-order chi connectivity index (χ0) is 22.8. The van der Waals surface area contributed by atoms with E-state index in [4.69, 9.17) is 18.9 Å². The lowest BCUT2D eigenvalue weighted by atomic mass is 10.1. The predicted molar refractivity (Wildman–Crippen MR) is 125 cm³/mol. The van der Waals surface area contributed by atoms with Gasteiger partial charge in [-0.05, 0) is 49.6 Å². The zero-order valence-electron chi connectivity index (χ0n) is 18.4. The number of aryl methyl sites for hydroxylation is 1. The minimum absolute atomic E-state index is 0.347. The van der Waals surface area contributed by atoms with E-state index < -0.39 is 0 Å². The summed E-state index contributed by atoms with van der Waals surface area (Å²) in [6, 6.07) is 3.74. The summed E-state index contributed by atoms with van der Waals surface area (Å²) >= 11 is 3.54. The van der Waals surface area contributed by atoms with Crippen molar-refractivity contribution in [3.8, 4) is 17.6 Å². The summed E-state index contributed by atoms with van der Waals surface area (Å²) in [7, 11) is 1.61. The first-order chi connectivity index (χ1) is 14.9. The Morgan fingerprint density at radius 1 is 1.32 bits per heavy atom. The number of ether oxygens (including phenoxy) is 4. The standard InChI is InChI=1S/C24H28BrNO5/c1-6-7-8-24(27)26(18(3)9-10-22-19(4)29-13-14-30-22)21-15-17(2)20(25)16-23(21)31-12-11-28-5/h9-10,15-16H,4,6,11-14H2,1-3,5H3/b18-9+,22-10+. The van der Waals surface area contributed by atoms with Gasteiger partial charge in [-0.3, -0.25) is 9.69 Å². The third-order valence-electron chi connectivity index (χ3n) is 4.32. The normalized spacial score (nSPS) is 14.9. The quantitative estimate of drug-likeness (QED) is 0.403. The van der Waals surface area contributed by atoms with Gasteiger partial charge in [-0.1, -0.05) is 35.4 Å². The maximum absolute atomic E-state index is 13.1. The number of hydrogen-bond acceptors (Lipinski definition) is 5. The topological polar surface area (TPSA) is 57.2 Å². The first-order valence-corrected chi connectivity index (χ1v) is 10.8. The van der Waals surface area contributed by atoms with Crippen molar-refractivity contribution in [1.82, 2.24) is 0 Å². The summed E-state index contributed by atoms with van der Waals surface area (Å²) in [5.74, 6) is 6.73. The highest BCUT2D eigenvalue weighted by Gasteiger charge is 2.22. The largest absolute Gasteiger partial charge is 0.489 e. The molecule has 1 aliphatic rings. The number of nitrogens with zero attached hydrogens (tertiary/aromatic N) is 1. The van der Waals surface area contributed by atoms with Crippen molar-refractivity contribution in [2.24, 2.45) is 0 Å². The summed E-state index contributed by atoms with van der Waals surface area (Å²) in [5, 5.41) is 0. The van der Waals surface area contributed by atoms with Crippen LogP contribution < -0.4 is 9.64 Å². The van der Waals surface area contributed by atoms with Gasteiger partial charge in [0.2, 0.25) is 0 Å². The van der Waals surface area contributed by atoms with Gasteiger partial charge in [0.1, 0.15) is 25.6 Å². The molecule has 1 heterocycles. The van der Waals surface area contributed by atoms with Crippen molar-refractivity contribution >= 4 is 27.5 Å². The van der Waals surface area contributed by atoms with E-state index in [0.717, 1.165) is 10.0 Å². The van der Waals surface area contributed by atoms with Crippen molar-refractivity contribution in [1.29, 1.82) is 0 Å². The lowest BCUT2D eigenvalue weighted by Crippen LogP contribution is -2.28. The lowest BCUT2D eigenvalue weighted by molar-refractivity contribution is -0.113. The number of hydrogen-bond donors (Lipinski definition) is 0. The Morgan fingerprint density at radius 3 is 2.74 bits per heavy atom. The molecule has 0 aromatic heterocycles. The molecule has 1 amide bonds. The average molecular weight is 490 g/mol. The Morgan fingerprint density at radius 2 is 2.06 bits per heavy atom. The number of anilines is 1. The molecule has 166 valence electrons. The van der Waals surface area contributed by atoms with Gasteiger partial charge in [0, 0.05) is 23.7 Å². The average Bonchev–Trinajstić information content (AvgIpc) is 2.75. The molecule has 0 unspecified atom stereocenters. The van der Waals surface area contributed by atoms with E-state index in [9.17, 15) is 4.79 Å². The summed E-state index contributed by atoms with van der Waals surface area (Å²) < 4.78 is 22.9. The minimum Gasteiger partial charge on any atom is -0.489 e. The number of rotatable bonds is 7. The number of allylic oxidation sites excluding steroid dienone is 3. The van der Waals surface area contributed by atoms with Gasteiger partial charge in [0.15, 0.2) is 11.5 Å². The number of carbonyl (C=O) groups is 1. The molecule has 0 N–H and O–H groups in total. The Kier molecular flexibility index (Phi) is 9.70. The maximum atomic E-state index is 13.1. The first-order valence-electron chi connectivity index (χ1n) is 9.97. The van der Waals surface area contributed by atoms with Crippen LogP contribution in [0.4, 0.5) is 5.69 Å². The van der Waals surface area contributed by atoms with Crippen molar-refractivity contribution < 1.29 is 23.7 Å². The highest BCUT2D eigenvalue weighted by Crippen LogP contribution is 2.36. The summed E-state index contributed by atoms with van der Waals surface area (Å²) in [6.07, 6.45) is 4.09. The Balaban J connectivity index is 2.52. The van der Waals surface area contributed by atoms with Crippen LogP contribution in [0.1, 0.15) is 25.8 Å². The molecule has 7 heteroatoms. The molecule has 6 nitrogen and oxygen atoms in total. The molecule has 2 rings (SSSR count). The van der Waals surface area contributed by atoms with E-state index in [0.29, 0.717) is 61.5 Å². The fourth-order valence-corrected chi connectivity index (χ4v) is 3.06. The second-order valence-electron chi connectivity index (χ2n) is 6.67. The molecule has 0 spiro atoms. The van der Waals surface area contributed by atoms with Crippen molar-refractivity contribution in [2.45, 2.75) is 27.2 Å². The zero-order valence-corrected chi connectivity index (χ0v) is 20.0. The molecule has 0 radical (unpaired) electrons. The maximum Gasteiger partial charge on any atom is 0.307 e.